The Morgan fingerprint density at radius 2 is 0.500 bits per heavy atom. The molecule has 0 aromatic rings. The van der Waals surface area contributed by atoms with Crippen LogP contribution in [-0.2, 0) is 51.1 Å². The van der Waals surface area contributed by atoms with E-state index in [4.69, 9.17) is 17.2 Å². The van der Waals surface area contributed by atoms with Crippen molar-refractivity contribution in [3.8, 4) is 0 Å². The molecular formula is C24H48N9O6Ta. The van der Waals surface area contributed by atoms with E-state index in [9.17, 15) is 28.8 Å². The number of hydrogen-bond donors (Lipinski definition) is 6. The summed E-state index contributed by atoms with van der Waals surface area (Å²) >= 11 is 0. The Balaban J connectivity index is -0.000000240. The van der Waals surface area contributed by atoms with E-state index in [0.29, 0.717) is 0 Å². The van der Waals surface area contributed by atoms with Crippen molar-refractivity contribution in [2.45, 2.75) is 118 Å². The van der Waals surface area contributed by atoms with Crippen molar-refractivity contribution in [3.63, 3.8) is 0 Å². The maximum absolute atomic E-state index is 10.7. The molecule has 0 saturated carbocycles. The second-order valence-corrected chi connectivity index (χ2v) is 10.7. The number of carbonyl (C=O) groups is 6. The van der Waals surface area contributed by atoms with Gasteiger partial charge in [0.15, 0.2) is 0 Å². The Labute approximate surface area is 253 Å². The van der Waals surface area contributed by atoms with E-state index in [0.717, 1.165) is 0 Å². The predicted molar refractivity (Wildman–Crippen MR) is 149 cm³/mol. The van der Waals surface area contributed by atoms with E-state index in [-0.39, 0.29) is 57.8 Å². The molecule has 0 heterocycles. The third-order valence-corrected chi connectivity index (χ3v) is 4.25. The summed E-state index contributed by atoms with van der Waals surface area (Å²) in [7, 11) is 0. The third-order valence-electron chi connectivity index (χ3n) is 4.25. The standard InChI is InChI=1S/3C8H16N3O2.Ta/c3*1-5(12)10-7(8(3,4)9)11-6(2)13;/h3*7,9H,1-4H3,(H,10,12)(H,11,13);/q3*-1;+3. The Morgan fingerprint density at radius 1 is 0.400 bits per heavy atom. The molecule has 0 spiro atoms. The van der Waals surface area contributed by atoms with Crippen molar-refractivity contribution in [2.24, 2.45) is 0 Å². The molecule has 16 heteroatoms. The largest absolute Gasteiger partial charge is 3.00 e. The van der Waals surface area contributed by atoms with Gasteiger partial charge in [0.25, 0.3) is 0 Å². The van der Waals surface area contributed by atoms with Gasteiger partial charge in [0.2, 0.25) is 35.4 Å². The molecule has 0 aliphatic heterocycles. The van der Waals surface area contributed by atoms with Crippen LogP contribution in [0.4, 0.5) is 0 Å². The zero-order valence-electron chi connectivity index (χ0n) is 25.6. The maximum atomic E-state index is 10.7. The molecule has 0 saturated heterocycles. The summed E-state index contributed by atoms with van der Waals surface area (Å²) in [6.45, 7) is 17.8. The van der Waals surface area contributed by atoms with Crippen LogP contribution >= 0.6 is 0 Å². The van der Waals surface area contributed by atoms with Crippen molar-refractivity contribution in [3.05, 3.63) is 17.2 Å². The normalized spacial score (nSPS) is 10.9. The molecule has 0 aromatic heterocycles. The van der Waals surface area contributed by atoms with Crippen LogP contribution in [0.1, 0.15) is 83.1 Å². The molecule has 9 N–H and O–H groups in total. The number of amides is 6. The minimum absolute atomic E-state index is 0. The number of hydrogen-bond acceptors (Lipinski definition) is 6. The molecule has 230 valence electrons. The average molecular weight is 740 g/mol. The molecular weight excluding hydrogens is 691 g/mol. The van der Waals surface area contributed by atoms with Crippen LogP contribution in [0.15, 0.2) is 0 Å². The fourth-order valence-corrected chi connectivity index (χ4v) is 2.41. The third kappa shape index (κ3) is 27.0. The summed E-state index contributed by atoms with van der Waals surface area (Å²) in [5, 5.41) is 15.0. The second kappa shape index (κ2) is 19.5. The van der Waals surface area contributed by atoms with Gasteiger partial charge >= 0.3 is 22.4 Å². The van der Waals surface area contributed by atoms with Crippen molar-refractivity contribution >= 4 is 35.4 Å². The van der Waals surface area contributed by atoms with Gasteiger partial charge in [-0.3, -0.25) is 28.8 Å². The summed E-state index contributed by atoms with van der Waals surface area (Å²) in [5.74, 6) is -1.59. The Bertz CT molecular complexity index is 692. The van der Waals surface area contributed by atoms with Crippen LogP contribution in [-0.4, -0.2) is 70.6 Å². The van der Waals surface area contributed by atoms with E-state index in [1.807, 2.05) is 0 Å². The Kier molecular flexibility index (Phi) is 21.7. The minimum atomic E-state index is -0.933. The fourth-order valence-electron chi connectivity index (χ4n) is 2.41. The monoisotopic (exact) mass is 739 g/mol. The summed E-state index contributed by atoms with van der Waals surface area (Å²) < 4.78 is 0. The molecule has 6 amide bonds. The predicted octanol–water partition coefficient (Wildman–Crippen LogP) is 1.24. The van der Waals surface area contributed by atoms with E-state index >= 15 is 0 Å². The van der Waals surface area contributed by atoms with E-state index < -0.39 is 35.1 Å². The average Bonchev–Trinajstić information content (AvgIpc) is 2.63. The van der Waals surface area contributed by atoms with Crippen LogP contribution in [0.5, 0.6) is 0 Å². The van der Waals surface area contributed by atoms with Gasteiger partial charge in [0, 0.05) is 41.5 Å². The first-order valence-corrected chi connectivity index (χ1v) is 12.1. The summed E-state index contributed by atoms with van der Waals surface area (Å²) in [5.41, 5.74) is 20.1. The van der Waals surface area contributed by atoms with Crippen LogP contribution < -0.4 is 31.9 Å². The molecule has 0 unspecified atom stereocenters. The molecule has 0 bridgehead atoms. The zero-order chi connectivity index (χ0) is 31.9. The van der Waals surface area contributed by atoms with Crippen molar-refractivity contribution in [1.29, 1.82) is 0 Å². The van der Waals surface area contributed by atoms with E-state index in [1.165, 1.54) is 41.5 Å². The smallest absolute Gasteiger partial charge is 0.669 e. The van der Waals surface area contributed by atoms with Crippen molar-refractivity contribution in [1.82, 2.24) is 31.9 Å². The quantitative estimate of drug-likeness (QED) is 0.190. The summed E-state index contributed by atoms with van der Waals surface area (Å²) in [6.07, 6.45) is -1.95. The molecule has 0 rings (SSSR count). The first-order chi connectivity index (χ1) is 17.2. The van der Waals surface area contributed by atoms with Crippen LogP contribution in [0, 0.1) is 0 Å². The van der Waals surface area contributed by atoms with Gasteiger partial charge in [-0.1, -0.05) is 58.2 Å². The molecule has 15 nitrogen and oxygen atoms in total. The van der Waals surface area contributed by atoms with Gasteiger partial charge in [-0.2, -0.15) is 0 Å². The van der Waals surface area contributed by atoms with Crippen LogP contribution in [0.2, 0.25) is 0 Å². The number of carbonyl (C=O) groups excluding carboxylic acids is 6. The second-order valence-electron chi connectivity index (χ2n) is 10.7. The van der Waals surface area contributed by atoms with Gasteiger partial charge in [-0.25, -0.2) is 0 Å². The van der Waals surface area contributed by atoms with Gasteiger partial charge < -0.3 is 49.1 Å². The van der Waals surface area contributed by atoms with Gasteiger partial charge in [-0.05, 0) is 0 Å². The molecule has 0 aliphatic carbocycles. The van der Waals surface area contributed by atoms with E-state index in [1.54, 1.807) is 41.5 Å². The molecule has 0 aliphatic rings. The van der Waals surface area contributed by atoms with Crippen molar-refractivity contribution in [2.75, 3.05) is 0 Å². The first-order valence-electron chi connectivity index (χ1n) is 12.1. The summed E-state index contributed by atoms with van der Waals surface area (Å²) in [6, 6.07) is 0. The topological polar surface area (TPSA) is 246 Å². The fraction of sp³-hybridized carbons (Fsp3) is 0.750. The Morgan fingerprint density at radius 3 is 0.550 bits per heavy atom. The van der Waals surface area contributed by atoms with E-state index in [2.05, 4.69) is 31.9 Å². The maximum Gasteiger partial charge on any atom is 3.00 e. The minimum Gasteiger partial charge on any atom is -0.669 e. The SMILES string of the molecule is CC(=O)NC(NC(C)=O)C(C)(C)[NH-].CC(=O)NC(NC(C)=O)C(C)(C)[NH-].CC(=O)NC(NC(C)=O)C(C)(C)[NH-].[Ta+3]. The van der Waals surface area contributed by atoms with Gasteiger partial charge in [0.05, 0.1) is 18.5 Å². The van der Waals surface area contributed by atoms with Crippen LogP contribution in [0.3, 0.4) is 0 Å². The first kappa shape index (κ1) is 44.5. The molecule has 0 aromatic carbocycles. The number of nitrogens with one attached hydrogen (secondary N) is 9. The molecule has 0 radical (unpaired) electrons. The van der Waals surface area contributed by atoms with Crippen LogP contribution in [0.25, 0.3) is 17.2 Å². The zero-order valence-corrected chi connectivity index (χ0v) is 28.8. The molecule has 0 fully saturated rings. The van der Waals surface area contributed by atoms with Crippen molar-refractivity contribution < 1.29 is 51.1 Å². The Hall–Kier alpha value is -2.56. The summed E-state index contributed by atoms with van der Waals surface area (Å²) in [4.78, 5) is 64.4. The molecule has 40 heavy (non-hydrogen) atoms. The van der Waals surface area contributed by atoms with Gasteiger partial charge in [0.1, 0.15) is 0 Å². The molecule has 0 atom stereocenters. The number of rotatable bonds is 9. The van der Waals surface area contributed by atoms with Gasteiger partial charge in [-0.15, -0.1) is 0 Å².